The van der Waals surface area contributed by atoms with Gasteiger partial charge in [0.25, 0.3) is 0 Å². The Morgan fingerprint density at radius 3 is 0.967 bits per heavy atom. The van der Waals surface area contributed by atoms with Crippen molar-refractivity contribution in [3.05, 3.63) is 57.7 Å². The molecule has 0 aliphatic carbocycles. The molecule has 0 aliphatic heterocycles. The summed E-state index contributed by atoms with van der Waals surface area (Å²) in [5.74, 6) is -22.0. The monoisotopic (exact) mass is 442 g/mol. The van der Waals surface area contributed by atoms with Crippen molar-refractivity contribution < 1.29 is 54.2 Å². The fourth-order valence-electron chi connectivity index (χ4n) is 2.08. The van der Waals surface area contributed by atoms with Gasteiger partial charge in [-0.3, -0.25) is 0 Å². The van der Waals surface area contributed by atoms with E-state index in [1.54, 1.807) is 0 Å². The second kappa shape index (κ2) is 8.42. The molecule has 0 bridgehead atoms. The molecule has 0 unspecified atom stereocenters. The highest BCUT2D eigenvalue weighted by molar-refractivity contribution is 5.91. The molecule has 2 rings (SSSR count). The van der Waals surface area contributed by atoms with E-state index in [2.05, 4.69) is 19.7 Å². The van der Waals surface area contributed by atoms with Crippen LogP contribution < -0.4 is 0 Å². The molecule has 160 valence electrons. The minimum Gasteiger partial charge on any atom is -0.465 e. The number of ether oxygens (including phenoxy) is 2. The fourth-order valence-corrected chi connectivity index (χ4v) is 2.08. The molecule has 2 aromatic rings. The van der Waals surface area contributed by atoms with Crippen molar-refractivity contribution >= 4 is 23.3 Å². The maximum Gasteiger partial charge on any atom is 0.344 e. The van der Waals surface area contributed by atoms with E-state index in [0.29, 0.717) is 14.2 Å². The van der Waals surface area contributed by atoms with Crippen molar-refractivity contribution in [2.75, 3.05) is 14.2 Å². The van der Waals surface area contributed by atoms with Gasteiger partial charge in [-0.25, -0.2) is 44.7 Å². The molecule has 0 saturated carbocycles. The molecule has 6 nitrogen and oxygen atoms in total. The summed E-state index contributed by atoms with van der Waals surface area (Å²) in [5.41, 5.74) is -7.39. The van der Waals surface area contributed by atoms with Crippen molar-refractivity contribution in [1.29, 1.82) is 0 Å². The third-order valence-corrected chi connectivity index (χ3v) is 3.51. The number of hydrogen-bond acceptors (Lipinski definition) is 6. The quantitative estimate of drug-likeness (QED) is 0.295. The zero-order chi connectivity index (χ0) is 22.9. The zero-order valence-electron chi connectivity index (χ0n) is 14.6. The van der Waals surface area contributed by atoms with Gasteiger partial charge in [-0.05, 0) is 0 Å². The molecule has 0 saturated heterocycles. The number of halogens is 8. The number of carbonyl (C=O) groups excluding carboxylic acids is 2. The van der Waals surface area contributed by atoms with Gasteiger partial charge in [-0.1, -0.05) is 0 Å². The number of methoxy groups -OCH3 is 2. The molecule has 0 aromatic heterocycles. The first-order valence-electron chi connectivity index (χ1n) is 7.29. The lowest BCUT2D eigenvalue weighted by Gasteiger charge is -2.08. The van der Waals surface area contributed by atoms with Gasteiger partial charge in [0.15, 0.2) is 57.9 Å². The number of nitrogens with zero attached hydrogens (tertiary/aromatic N) is 2. The smallest absolute Gasteiger partial charge is 0.344 e. The number of benzene rings is 2. The Balaban J connectivity index is 2.70. The Hall–Kier alpha value is -3.58. The van der Waals surface area contributed by atoms with Crippen LogP contribution in [-0.2, 0) is 9.47 Å². The summed E-state index contributed by atoms with van der Waals surface area (Å²) >= 11 is 0. The Morgan fingerprint density at radius 2 is 0.767 bits per heavy atom. The molecule has 0 atom stereocenters. The van der Waals surface area contributed by atoms with Gasteiger partial charge in [0.2, 0.25) is 0 Å². The van der Waals surface area contributed by atoms with E-state index in [9.17, 15) is 44.7 Å². The Kier molecular flexibility index (Phi) is 6.38. The summed E-state index contributed by atoms with van der Waals surface area (Å²) in [5, 5.41) is 5.07. The molecule has 0 N–H and O–H groups in total. The minimum atomic E-state index is -2.33. The summed E-state index contributed by atoms with van der Waals surface area (Å²) in [6.45, 7) is 0. The van der Waals surface area contributed by atoms with Crippen LogP contribution in [0.1, 0.15) is 20.7 Å². The largest absolute Gasteiger partial charge is 0.465 e. The van der Waals surface area contributed by atoms with Crippen molar-refractivity contribution in [2.45, 2.75) is 0 Å². The number of azo groups is 1. The molecular weight excluding hydrogens is 436 g/mol. The molecule has 0 radical (unpaired) electrons. The van der Waals surface area contributed by atoms with E-state index < -0.39 is 81.0 Å². The molecule has 0 spiro atoms. The maximum atomic E-state index is 13.9. The topological polar surface area (TPSA) is 77.3 Å². The van der Waals surface area contributed by atoms with E-state index in [-0.39, 0.29) is 0 Å². The highest BCUT2D eigenvalue weighted by Crippen LogP contribution is 2.35. The van der Waals surface area contributed by atoms with Crippen LogP contribution in [0, 0.1) is 46.5 Å². The average Bonchev–Trinajstić information content (AvgIpc) is 2.72. The van der Waals surface area contributed by atoms with Gasteiger partial charge in [0.1, 0.15) is 11.1 Å². The fraction of sp³-hybridized carbons (Fsp3) is 0.125. The van der Waals surface area contributed by atoms with E-state index in [4.69, 9.17) is 0 Å². The lowest BCUT2D eigenvalue weighted by molar-refractivity contribution is 0.0577. The van der Waals surface area contributed by atoms with E-state index in [1.165, 1.54) is 0 Å². The first kappa shape index (κ1) is 22.7. The summed E-state index contributed by atoms with van der Waals surface area (Å²) in [4.78, 5) is 22.4. The number of carbonyl (C=O) groups is 2. The average molecular weight is 442 g/mol. The van der Waals surface area contributed by atoms with Crippen LogP contribution in [0.25, 0.3) is 0 Å². The molecule has 0 amide bonds. The minimum absolute atomic E-state index is 0.650. The first-order chi connectivity index (χ1) is 14.0. The van der Waals surface area contributed by atoms with Gasteiger partial charge < -0.3 is 9.47 Å². The lowest BCUT2D eigenvalue weighted by Crippen LogP contribution is -2.12. The van der Waals surface area contributed by atoms with Gasteiger partial charge in [-0.2, -0.15) is 0 Å². The Labute approximate surface area is 160 Å². The van der Waals surface area contributed by atoms with Gasteiger partial charge in [-0.15, -0.1) is 10.2 Å². The highest BCUT2D eigenvalue weighted by Gasteiger charge is 2.32. The van der Waals surface area contributed by atoms with Crippen LogP contribution in [0.15, 0.2) is 10.2 Å². The van der Waals surface area contributed by atoms with Crippen LogP contribution in [0.3, 0.4) is 0 Å². The van der Waals surface area contributed by atoms with Crippen LogP contribution in [0.4, 0.5) is 46.5 Å². The second-order valence-electron chi connectivity index (χ2n) is 5.14. The molecule has 0 heterocycles. The molecule has 30 heavy (non-hydrogen) atoms. The number of rotatable bonds is 4. The first-order valence-corrected chi connectivity index (χ1v) is 7.29. The summed E-state index contributed by atoms with van der Waals surface area (Å²) in [7, 11) is 1.30. The maximum absolute atomic E-state index is 13.9. The molecule has 2 aromatic carbocycles. The summed E-state index contributed by atoms with van der Waals surface area (Å²) < 4.78 is 119. The normalized spacial score (nSPS) is 11.1. The highest BCUT2D eigenvalue weighted by atomic mass is 19.2. The number of esters is 2. The van der Waals surface area contributed by atoms with Crippen molar-refractivity contribution in [3.8, 4) is 0 Å². The van der Waals surface area contributed by atoms with Crippen LogP contribution in [0.5, 0.6) is 0 Å². The van der Waals surface area contributed by atoms with E-state index >= 15 is 0 Å². The van der Waals surface area contributed by atoms with Crippen molar-refractivity contribution in [1.82, 2.24) is 0 Å². The third-order valence-electron chi connectivity index (χ3n) is 3.51. The third kappa shape index (κ3) is 3.55. The standard InChI is InChI=1S/C16H6F8N2O4/c1-29-15(27)3-5(17)9(21)13(10(22)6(3)18)25-26-14-11(23)7(19)4(16(28)30-2)8(20)12(14)24/h1-2H3. The molecule has 0 fully saturated rings. The lowest BCUT2D eigenvalue weighted by atomic mass is 10.1. The SMILES string of the molecule is COC(=O)c1c(F)c(F)c(N=Nc2c(F)c(F)c(C(=O)OC)c(F)c2F)c(F)c1F. The van der Waals surface area contributed by atoms with Gasteiger partial charge >= 0.3 is 11.9 Å². The molecule has 0 aliphatic rings. The molecule has 14 heteroatoms. The van der Waals surface area contributed by atoms with Crippen molar-refractivity contribution in [2.24, 2.45) is 10.2 Å². The van der Waals surface area contributed by atoms with Crippen LogP contribution in [0.2, 0.25) is 0 Å². The van der Waals surface area contributed by atoms with Gasteiger partial charge in [0.05, 0.1) is 14.2 Å². The van der Waals surface area contributed by atoms with Crippen LogP contribution in [-0.4, -0.2) is 26.2 Å². The van der Waals surface area contributed by atoms with Crippen molar-refractivity contribution in [3.63, 3.8) is 0 Å². The predicted molar refractivity (Wildman–Crippen MR) is 79.4 cm³/mol. The van der Waals surface area contributed by atoms with Crippen LogP contribution >= 0.6 is 0 Å². The van der Waals surface area contributed by atoms with E-state index in [1.807, 2.05) is 0 Å². The zero-order valence-corrected chi connectivity index (χ0v) is 14.6. The predicted octanol–water partition coefficient (Wildman–Crippen LogP) is 4.79. The summed E-state index contributed by atoms with van der Waals surface area (Å²) in [6, 6.07) is 0. The van der Waals surface area contributed by atoms with Gasteiger partial charge in [0, 0.05) is 0 Å². The summed E-state index contributed by atoms with van der Waals surface area (Å²) in [6.07, 6.45) is 0. The number of hydrogen-bond donors (Lipinski definition) is 0. The molecular formula is C16H6F8N2O4. The Bertz CT molecular complexity index is 960. The second-order valence-corrected chi connectivity index (χ2v) is 5.14. The Morgan fingerprint density at radius 1 is 0.533 bits per heavy atom. The van der Waals surface area contributed by atoms with E-state index in [0.717, 1.165) is 0 Å².